The van der Waals surface area contributed by atoms with Crippen LogP contribution in [0, 0.1) is 0 Å². The van der Waals surface area contributed by atoms with E-state index in [0.29, 0.717) is 0 Å². The summed E-state index contributed by atoms with van der Waals surface area (Å²) in [5.41, 5.74) is 2.31. The molecule has 0 saturated carbocycles. The van der Waals surface area contributed by atoms with E-state index in [2.05, 4.69) is 23.2 Å². The number of hydrogen-bond acceptors (Lipinski definition) is 1. The smallest absolute Gasteiger partial charge is 0.0552 e. The van der Waals surface area contributed by atoms with E-state index < -0.39 is 0 Å². The van der Waals surface area contributed by atoms with E-state index in [4.69, 9.17) is 0 Å². The predicted molar refractivity (Wildman–Crippen MR) is 53.7 cm³/mol. The highest BCUT2D eigenvalue weighted by Crippen LogP contribution is 2.15. The highest BCUT2D eigenvalue weighted by atomic mass is 16.3. The zero-order valence-electron chi connectivity index (χ0n) is 7.62. The fraction of sp³-hybridized carbons (Fsp3) is 0.273. The zero-order valence-corrected chi connectivity index (χ0v) is 7.62. The molecule has 13 heavy (non-hydrogen) atoms. The van der Waals surface area contributed by atoms with Crippen molar-refractivity contribution in [2.75, 3.05) is 0 Å². The van der Waals surface area contributed by atoms with Crippen LogP contribution in [0.1, 0.15) is 12.5 Å². The van der Waals surface area contributed by atoms with Crippen LogP contribution in [0.15, 0.2) is 30.5 Å². The van der Waals surface area contributed by atoms with E-state index in [9.17, 15) is 5.11 Å². The van der Waals surface area contributed by atoms with Crippen LogP contribution in [0.3, 0.4) is 0 Å². The van der Waals surface area contributed by atoms with Crippen molar-refractivity contribution in [2.24, 2.45) is 0 Å². The van der Waals surface area contributed by atoms with Crippen molar-refractivity contribution < 1.29 is 5.11 Å². The first-order chi connectivity index (χ1) is 6.25. The Kier molecular flexibility index (Phi) is 2.07. The lowest BCUT2D eigenvalue weighted by Crippen LogP contribution is -2.03. The highest BCUT2D eigenvalue weighted by molar-refractivity contribution is 5.79. The molecule has 0 amide bonds. The number of H-pyrrole nitrogens is 1. The maximum Gasteiger partial charge on any atom is 0.0552 e. The minimum absolute atomic E-state index is 0.271. The van der Waals surface area contributed by atoms with Gasteiger partial charge in [-0.15, -0.1) is 0 Å². The third-order valence-electron chi connectivity index (χ3n) is 2.15. The quantitative estimate of drug-likeness (QED) is 0.720. The first-order valence-corrected chi connectivity index (χ1v) is 4.50. The Morgan fingerprint density at radius 1 is 1.38 bits per heavy atom. The standard InChI is InChI=1S/C11H13NO/c1-8(13)6-9-2-3-10-4-5-12-11(10)7-9/h2-5,7-8,12-13H,6H2,1H3/t8-/m0/s1. The minimum atomic E-state index is -0.271. The van der Waals surface area contributed by atoms with Crippen LogP contribution in [0.25, 0.3) is 10.9 Å². The maximum absolute atomic E-state index is 9.22. The summed E-state index contributed by atoms with van der Waals surface area (Å²) in [6.07, 6.45) is 2.37. The number of aromatic nitrogens is 1. The number of fused-ring (bicyclic) bond motifs is 1. The van der Waals surface area contributed by atoms with Gasteiger partial charge in [-0.1, -0.05) is 12.1 Å². The molecule has 0 aliphatic rings. The molecule has 0 fully saturated rings. The van der Waals surface area contributed by atoms with Crippen molar-refractivity contribution >= 4 is 10.9 Å². The third-order valence-corrected chi connectivity index (χ3v) is 2.15. The summed E-state index contributed by atoms with van der Waals surface area (Å²) in [6, 6.07) is 8.26. The normalized spacial score (nSPS) is 13.4. The van der Waals surface area contributed by atoms with Crippen molar-refractivity contribution in [3.05, 3.63) is 36.0 Å². The fourth-order valence-electron chi connectivity index (χ4n) is 1.56. The van der Waals surface area contributed by atoms with Crippen LogP contribution in [0.2, 0.25) is 0 Å². The average molecular weight is 175 g/mol. The molecule has 2 nitrogen and oxygen atoms in total. The Hall–Kier alpha value is -1.28. The van der Waals surface area contributed by atoms with Gasteiger partial charge in [-0.2, -0.15) is 0 Å². The summed E-state index contributed by atoms with van der Waals surface area (Å²) in [4.78, 5) is 3.15. The Morgan fingerprint density at radius 2 is 2.23 bits per heavy atom. The first-order valence-electron chi connectivity index (χ1n) is 4.50. The highest BCUT2D eigenvalue weighted by Gasteiger charge is 2.00. The van der Waals surface area contributed by atoms with Gasteiger partial charge in [-0.05, 0) is 36.4 Å². The van der Waals surface area contributed by atoms with Gasteiger partial charge in [0.05, 0.1) is 6.10 Å². The molecular weight excluding hydrogens is 162 g/mol. The molecule has 0 aliphatic heterocycles. The topological polar surface area (TPSA) is 36.0 Å². The Bertz CT molecular complexity index is 403. The van der Waals surface area contributed by atoms with Gasteiger partial charge < -0.3 is 10.1 Å². The van der Waals surface area contributed by atoms with E-state index >= 15 is 0 Å². The molecule has 2 rings (SSSR count). The SMILES string of the molecule is C[C@H](O)Cc1ccc2cc[nH]c2c1. The molecule has 0 unspecified atom stereocenters. The summed E-state index contributed by atoms with van der Waals surface area (Å²) < 4.78 is 0. The van der Waals surface area contributed by atoms with Crippen molar-refractivity contribution in [3.8, 4) is 0 Å². The molecule has 0 aliphatic carbocycles. The van der Waals surface area contributed by atoms with Crippen LogP contribution in [-0.2, 0) is 6.42 Å². The van der Waals surface area contributed by atoms with Gasteiger partial charge in [-0.25, -0.2) is 0 Å². The predicted octanol–water partition coefficient (Wildman–Crippen LogP) is 2.09. The van der Waals surface area contributed by atoms with Crippen LogP contribution in [0.4, 0.5) is 0 Å². The van der Waals surface area contributed by atoms with Crippen molar-refractivity contribution in [1.82, 2.24) is 4.98 Å². The van der Waals surface area contributed by atoms with Crippen molar-refractivity contribution in [2.45, 2.75) is 19.4 Å². The Labute approximate surface area is 77.2 Å². The molecule has 1 aromatic carbocycles. The second-order valence-corrected chi connectivity index (χ2v) is 3.45. The number of aliphatic hydroxyl groups is 1. The van der Waals surface area contributed by atoms with E-state index in [1.165, 1.54) is 10.9 Å². The van der Waals surface area contributed by atoms with E-state index in [-0.39, 0.29) is 6.10 Å². The lowest BCUT2D eigenvalue weighted by molar-refractivity contribution is 0.195. The van der Waals surface area contributed by atoms with E-state index in [1.807, 2.05) is 12.3 Å². The van der Waals surface area contributed by atoms with Crippen LogP contribution in [0.5, 0.6) is 0 Å². The molecule has 0 saturated heterocycles. The van der Waals surface area contributed by atoms with Crippen LogP contribution >= 0.6 is 0 Å². The fourth-order valence-corrected chi connectivity index (χ4v) is 1.56. The average Bonchev–Trinajstić information content (AvgIpc) is 2.49. The minimum Gasteiger partial charge on any atom is -0.393 e. The molecule has 1 atom stereocenters. The van der Waals surface area contributed by atoms with Gasteiger partial charge in [0.25, 0.3) is 0 Å². The molecule has 0 spiro atoms. The number of benzene rings is 1. The summed E-state index contributed by atoms with van der Waals surface area (Å²) in [5.74, 6) is 0. The Balaban J connectivity index is 2.37. The second-order valence-electron chi connectivity index (χ2n) is 3.45. The molecular formula is C11H13NO. The molecule has 2 N–H and O–H groups in total. The lowest BCUT2D eigenvalue weighted by atomic mass is 10.1. The molecule has 1 heterocycles. The summed E-state index contributed by atoms with van der Waals surface area (Å²) in [6.45, 7) is 1.80. The Morgan fingerprint density at radius 3 is 3.00 bits per heavy atom. The zero-order chi connectivity index (χ0) is 9.26. The van der Waals surface area contributed by atoms with Crippen LogP contribution < -0.4 is 0 Å². The van der Waals surface area contributed by atoms with Gasteiger partial charge in [0.15, 0.2) is 0 Å². The molecule has 2 heteroatoms. The summed E-state index contributed by atoms with van der Waals surface area (Å²) in [7, 11) is 0. The number of hydrogen-bond donors (Lipinski definition) is 2. The summed E-state index contributed by atoms with van der Waals surface area (Å²) >= 11 is 0. The van der Waals surface area contributed by atoms with Gasteiger partial charge in [0, 0.05) is 11.7 Å². The van der Waals surface area contributed by atoms with Gasteiger partial charge >= 0.3 is 0 Å². The van der Waals surface area contributed by atoms with Gasteiger partial charge in [-0.3, -0.25) is 0 Å². The monoisotopic (exact) mass is 175 g/mol. The molecule has 68 valence electrons. The molecule has 0 bridgehead atoms. The number of nitrogens with one attached hydrogen (secondary N) is 1. The van der Waals surface area contributed by atoms with E-state index in [1.54, 1.807) is 6.92 Å². The first kappa shape index (κ1) is 8.32. The largest absolute Gasteiger partial charge is 0.393 e. The molecule has 2 aromatic rings. The van der Waals surface area contributed by atoms with Crippen LogP contribution in [-0.4, -0.2) is 16.2 Å². The van der Waals surface area contributed by atoms with E-state index in [0.717, 1.165) is 11.9 Å². The van der Waals surface area contributed by atoms with Crippen molar-refractivity contribution in [1.29, 1.82) is 0 Å². The summed E-state index contributed by atoms with van der Waals surface area (Å²) in [5, 5.41) is 10.4. The third kappa shape index (κ3) is 1.73. The number of rotatable bonds is 2. The molecule has 0 radical (unpaired) electrons. The maximum atomic E-state index is 9.22. The van der Waals surface area contributed by atoms with Crippen molar-refractivity contribution in [3.63, 3.8) is 0 Å². The molecule has 1 aromatic heterocycles. The number of aliphatic hydroxyl groups excluding tert-OH is 1. The lowest BCUT2D eigenvalue weighted by Gasteiger charge is -2.03. The second kappa shape index (κ2) is 3.23. The van der Waals surface area contributed by atoms with Gasteiger partial charge in [0.1, 0.15) is 0 Å². The number of aromatic amines is 1. The van der Waals surface area contributed by atoms with Gasteiger partial charge in [0.2, 0.25) is 0 Å².